The zero-order valence-corrected chi connectivity index (χ0v) is 20.5. The van der Waals surface area contributed by atoms with Crippen molar-refractivity contribution in [3.05, 3.63) is 35.5 Å². The number of nitrogens with one attached hydrogen (secondary N) is 2. The summed E-state index contributed by atoms with van der Waals surface area (Å²) >= 11 is 1.42. The summed E-state index contributed by atoms with van der Waals surface area (Å²) in [5.41, 5.74) is -0.0557. The Bertz CT molecular complexity index is 1180. The number of nitriles is 1. The van der Waals surface area contributed by atoms with E-state index in [0.717, 1.165) is 34.7 Å². The van der Waals surface area contributed by atoms with Crippen molar-refractivity contribution in [1.29, 1.82) is 5.26 Å². The fourth-order valence-electron chi connectivity index (χ4n) is 5.34. The minimum atomic E-state index is -0.924. The van der Waals surface area contributed by atoms with Crippen LogP contribution in [0.1, 0.15) is 50.8 Å². The SMILES string of the molecule is CC(C)(O)c1cnc(Nc2cc3ncccc3c(NCC3C[C@H]4CC[C@@H](C3)N4CCC#N)n2)s1. The van der Waals surface area contributed by atoms with Crippen molar-refractivity contribution >= 4 is 39.0 Å². The van der Waals surface area contributed by atoms with Gasteiger partial charge in [-0.1, -0.05) is 11.3 Å². The molecule has 8 nitrogen and oxygen atoms in total. The second-order valence-corrected chi connectivity index (χ2v) is 10.9. The smallest absolute Gasteiger partial charge is 0.188 e. The molecule has 0 amide bonds. The monoisotopic (exact) mass is 477 g/mol. The molecule has 2 bridgehead atoms. The zero-order chi connectivity index (χ0) is 23.7. The molecule has 5 heterocycles. The average Bonchev–Trinajstić information content (AvgIpc) is 3.37. The lowest BCUT2D eigenvalue weighted by molar-refractivity contribution is 0.0823. The molecule has 2 aliphatic heterocycles. The Morgan fingerprint density at radius 2 is 2.06 bits per heavy atom. The number of rotatable bonds is 8. The minimum Gasteiger partial charge on any atom is -0.385 e. The van der Waals surface area contributed by atoms with E-state index in [0.29, 0.717) is 35.4 Å². The topological polar surface area (TPSA) is 110 Å². The summed E-state index contributed by atoms with van der Waals surface area (Å²) in [5, 5.41) is 27.8. The maximum Gasteiger partial charge on any atom is 0.188 e. The zero-order valence-electron chi connectivity index (χ0n) is 19.7. The van der Waals surface area contributed by atoms with Crippen LogP contribution >= 0.6 is 11.3 Å². The van der Waals surface area contributed by atoms with Crippen molar-refractivity contribution in [1.82, 2.24) is 19.9 Å². The van der Waals surface area contributed by atoms with Crippen LogP contribution in [0.2, 0.25) is 0 Å². The standard InChI is InChI=1S/C25H31N7OS/c1-25(2,33)21-15-29-24(34-21)31-22-13-20-19(5-3-9-27-20)23(30-22)28-14-16-11-17-6-7-18(12-16)32(17)10-4-8-26/h3,5,9,13,15-18,33H,4,6-7,10-12,14H2,1-2H3,(H2,28,29,30,31)/t16?,17-,18+. The highest BCUT2D eigenvalue weighted by Gasteiger charge is 2.40. The number of hydrogen-bond acceptors (Lipinski definition) is 9. The number of aliphatic hydroxyl groups is 1. The van der Waals surface area contributed by atoms with E-state index in [1.807, 2.05) is 18.2 Å². The first-order valence-electron chi connectivity index (χ1n) is 12.0. The van der Waals surface area contributed by atoms with Crippen LogP contribution < -0.4 is 10.6 Å². The predicted octanol–water partition coefficient (Wildman–Crippen LogP) is 4.63. The van der Waals surface area contributed by atoms with Gasteiger partial charge in [0.2, 0.25) is 0 Å². The van der Waals surface area contributed by atoms with Crippen LogP contribution in [0.5, 0.6) is 0 Å². The highest BCUT2D eigenvalue weighted by Crippen LogP contribution is 2.39. The van der Waals surface area contributed by atoms with Crippen LogP contribution in [0, 0.1) is 17.2 Å². The first-order chi connectivity index (χ1) is 16.4. The largest absolute Gasteiger partial charge is 0.385 e. The molecule has 2 aliphatic rings. The number of piperidine rings is 1. The first-order valence-corrected chi connectivity index (χ1v) is 12.8. The number of thiazole rings is 1. The molecule has 0 aromatic carbocycles. The van der Waals surface area contributed by atoms with Gasteiger partial charge in [-0.2, -0.15) is 5.26 Å². The highest BCUT2D eigenvalue weighted by atomic mass is 32.1. The van der Waals surface area contributed by atoms with Crippen molar-refractivity contribution in [2.45, 2.75) is 63.6 Å². The Labute approximate surface area is 204 Å². The van der Waals surface area contributed by atoms with Crippen LogP contribution in [-0.4, -0.2) is 50.1 Å². The van der Waals surface area contributed by atoms with Gasteiger partial charge < -0.3 is 15.7 Å². The predicted molar refractivity (Wildman–Crippen MR) is 135 cm³/mol. The molecule has 3 atom stereocenters. The Balaban J connectivity index is 1.31. The van der Waals surface area contributed by atoms with Crippen molar-refractivity contribution in [2.75, 3.05) is 23.7 Å². The maximum absolute atomic E-state index is 10.2. The molecule has 2 saturated heterocycles. The second kappa shape index (κ2) is 9.45. The first kappa shape index (κ1) is 23.0. The lowest BCUT2D eigenvalue weighted by Crippen LogP contribution is -2.44. The van der Waals surface area contributed by atoms with E-state index < -0.39 is 5.60 Å². The van der Waals surface area contributed by atoms with Gasteiger partial charge in [-0.25, -0.2) is 9.97 Å². The van der Waals surface area contributed by atoms with Crippen molar-refractivity contribution in [3.8, 4) is 6.07 Å². The van der Waals surface area contributed by atoms with Gasteiger partial charge in [0.05, 0.1) is 22.1 Å². The summed E-state index contributed by atoms with van der Waals surface area (Å²) in [5.74, 6) is 2.10. The Hall–Kier alpha value is -2.80. The summed E-state index contributed by atoms with van der Waals surface area (Å²) in [4.78, 5) is 17.2. The molecule has 1 unspecified atom stereocenters. The van der Waals surface area contributed by atoms with E-state index in [2.05, 4.69) is 31.6 Å². The quantitative estimate of drug-likeness (QED) is 0.431. The molecule has 3 aromatic heterocycles. The lowest BCUT2D eigenvalue weighted by Gasteiger charge is -2.38. The Kier molecular flexibility index (Phi) is 6.38. The fourth-order valence-corrected chi connectivity index (χ4v) is 6.16. The average molecular weight is 478 g/mol. The summed E-state index contributed by atoms with van der Waals surface area (Å²) in [6.07, 6.45) is 8.94. The van der Waals surface area contributed by atoms with Crippen LogP contribution in [0.15, 0.2) is 30.6 Å². The summed E-state index contributed by atoms with van der Waals surface area (Å²) in [6.45, 7) is 5.29. The number of pyridine rings is 2. The number of fused-ring (bicyclic) bond motifs is 3. The molecular weight excluding hydrogens is 446 g/mol. The van der Waals surface area contributed by atoms with Crippen molar-refractivity contribution in [3.63, 3.8) is 0 Å². The number of aromatic nitrogens is 3. The number of anilines is 3. The Morgan fingerprint density at radius 1 is 1.26 bits per heavy atom. The van der Waals surface area contributed by atoms with Gasteiger partial charge in [0.15, 0.2) is 5.13 Å². The van der Waals surface area contributed by atoms with Gasteiger partial charge in [0.25, 0.3) is 0 Å². The van der Waals surface area contributed by atoms with Gasteiger partial charge in [0, 0.05) is 55.4 Å². The molecule has 9 heteroatoms. The van der Waals surface area contributed by atoms with Gasteiger partial charge in [-0.05, 0) is 57.6 Å². The number of hydrogen-bond donors (Lipinski definition) is 3. The van der Waals surface area contributed by atoms with Crippen LogP contribution in [0.4, 0.5) is 16.8 Å². The summed E-state index contributed by atoms with van der Waals surface area (Å²) in [7, 11) is 0. The van der Waals surface area contributed by atoms with Gasteiger partial charge in [0.1, 0.15) is 11.6 Å². The molecule has 0 radical (unpaired) electrons. The van der Waals surface area contributed by atoms with E-state index in [-0.39, 0.29) is 0 Å². The molecule has 178 valence electrons. The molecule has 34 heavy (non-hydrogen) atoms. The van der Waals surface area contributed by atoms with Crippen LogP contribution in [0.25, 0.3) is 10.9 Å². The minimum absolute atomic E-state index is 0.592. The second-order valence-electron chi connectivity index (χ2n) is 9.89. The molecule has 0 saturated carbocycles. The molecule has 0 aliphatic carbocycles. The molecule has 3 N–H and O–H groups in total. The van der Waals surface area contributed by atoms with Crippen LogP contribution in [0.3, 0.4) is 0 Å². The van der Waals surface area contributed by atoms with E-state index in [9.17, 15) is 5.11 Å². The van der Waals surface area contributed by atoms with Gasteiger partial charge in [-0.15, -0.1) is 0 Å². The maximum atomic E-state index is 10.2. The van der Waals surface area contributed by atoms with Gasteiger partial charge in [-0.3, -0.25) is 9.88 Å². The third kappa shape index (κ3) is 4.85. The molecular formula is C25H31N7OS. The normalized spacial score (nSPS) is 22.6. The summed E-state index contributed by atoms with van der Waals surface area (Å²) < 4.78 is 0. The number of nitrogens with zero attached hydrogens (tertiary/aromatic N) is 5. The van der Waals surface area contributed by atoms with Crippen molar-refractivity contribution in [2.24, 2.45) is 5.92 Å². The Morgan fingerprint density at radius 3 is 2.76 bits per heavy atom. The van der Waals surface area contributed by atoms with Gasteiger partial charge >= 0.3 is 0 Å². The molecule has 5 rings (SSSR count). The van der Waals surface area contributed by atoms with E-state index >= 15 is 0 Å². The van der Waals surface area contributed by atoms with E-state index in [4.69, 9.17) is 10.2 Å². The van der Waals surface area contributed by atoms with E-state index in [1.165, 1.54) is 37.0 Å². The molecule has 3 aromatic rings. The van der Waals surface area contributed by atoms with E-state index in [1.54, 1.807) is 26.2 Å². The lowest BCUT2D eigenvalue weighted by atomic mass is 9.90. The summed E-state index contributed by atoms with van der Waals surface area (Å²) in [6, 6.07) is 9.42. The van der Waals surface area contributed by atoms with Crippen LogP contribution in [-0.2, 0) is 5.60 Å². The third-order valence-electron chi connectivity index (χ3n) is 6.96. The molecule has 0 spiro atoms. The highest BCUT2D eigenvalue weighted by molar-refractivity contribution is 7.15. The van der Waals surface area contributed by atoms with Crippen molar-refractivity contribution < 1.29 is 5.11 Å². The third-order valence-corrected chi connectivity index (χ3v) is 8.19. The molecule has 2 fully saturated rings. The fraction of sp³-hybridized carbons (Fsp3) is 0.520.